The molecule has 0 aliphatic heterocycles. The maximum absolute atomic E-state index is 11.0. The molecule has 0 aliphatic carbocycles. The fourth-order valence-electron chi connectivity index (χ4n) is 1.43. The van der Waals surface area contributed by atoms with Gasteiger partial charge < -0.3 is 35.3 Å². The summed E-state index contributed by atoms with van der Waals surface area (Å²) in [5.41, 5.74) is 0. The first-order valence-corrected chi connectivity index (χ1v) is 5.82. The van der Waals surface area contributed by atoms with Gasteiger partial charge in [0, 0.05) is 6.92 Å². The number of carbonyl (C=O) groups excluding carboxylic acids is 2. The molecule has 0 spiro atoms. The van der Waals surface area contributed by atoms with E-state index >= 15 is 0 Å². The molecule has 116 valence electrons. The minimum atomic E-state index is -1.76. The molecule has 0 heterocycles. The third kappa shape index (κ3) is 5.61. The molecule has 0 aromatic rings. The van der Waals surface area contributed by atoms with E-state index in [0.29, 0.717) is 0 Å². The standard InChI is InChI=1S/C11H19NO8/c1-5(11(18)19)20-10(9(17)8(16)4-14)7(3-13)12-6(2)15/h3,5,7-10,14,16-17H,4H2,1-2H3,(H,12,15)(H,18,19)/t5-,7+,8-,9+,10-/m1/s1. The van der Waals surface area contributed by atoms with Gasteiger partial charge in [0.15, 0.2) is 6.10 Å². The summed E-state index contributed by atoms with van der Waals surface area (Å²) in [6.07, 6.45) is -6.09. The molecule has 9 nitrogen and oxygen atoms in total. The summed E-state index contributed by atoms with van der Waals surface area (Å²) in [6, 6.07) is -1.37. The Hall–Kier alpha value is -1.55. The summed E-state index contributed by atoms with van der Waals surface area (Å²) in [6.45, 7) is 1.44. The van der Waals surface area contributed by atoms with Crippen molar-refractivity contribution < 1.29 is 39.5 Å². The number of aliphatic hydroxyl groups is 3. The highest BCUT2D eigenvalue weighted by atomic mass is 16.5. The summed E-state index contributed by atoms with van der Waals surface area (Å²) in [7, 11) is 0. The highest BCUT2D eigenvalue weighted by molar-refractivity contribution is 5.77. The SMILES string of the molecule is CC(=O)N[C@@H](C=O)[C@@H](O[C@H](C)C(=O)O)[C@@H](O)[C@H](O)CO. The van der Waals surface area contributed by atoms with E-state index in [9.17, 15) is 24.6 Å². The van der Waals surface area contributed by atoms with Crippen LogP contribution in [0.15, 0.2) is 0 Å². The van der Waals surface area contributed by atoms with Crippen LogP contribution in [0.5, 0.6) is 0 Å². The van der Waals surface area contributed by atoms with Crippen molar-refractivity contribution in [1.82, 2.24) is 5.32 Å². The Balaban J connectivity index is 5.15. The van der Waals surface area contributed by atoms with E-state index in [1.807, 2.05) is 0 Å². The molecular weight excluding hydrogens is 274 g/mol. The van der Waals surface area contributed by atoms with Gasteiger partial charge in [0.05, 0.1) is 6.61 Å². The van der Waals surface area contributed by atoms with Gasteiger partial charge in [0.2, 0.25) is 5.91 Å². The molecule has 0 bridgehead atoms. The van der Waals surface area contributed by atoms with Crippen molar-refractivity contribution in [2.24, 2.45) is 0 Å². The van der Waals surface area contributed by atoms with Gasteiger partial charge in [-0.1, -0.05) is 0 Å². The largest absolute Gasteiger partial charge is 0.479 e. The normalized spacial score (nSPS) is 18.4. The fraction of sp³-hybridized carbons (Fsp3) is 0.727. The van der Waals surface area contributed by atoms with E-state index in [2.05, 4.69) is 5.32 Å². The van der Waals surface area contributed by atoms with Crippen molar-refractivity contribution >= 4 is 18.2 Å². The molecule has 0 fully saturated rings. The van der Waals surface area contributed by atoms with Crippen LogP contribution in [0.25, 0.3) is 0 Å². The molecule has 9 heteroatoms. The Kier molecular flexibility index (Phi) is 7.92. The number of aliphatic hydroxyl groups excluding tert-OH is 3. The number of ether oxygens (including phenoxy) is 1. The summed E-state index contributed by atoms with van der Waals surface area (Å²) < 4.78 is 4.98. The molecule has 0 saturated heterocycles. The Morgan fingerprint density at radius 2 is 1.90 bits per heavy atom. The maximum Gasteiger partial charge on any atom is 0.332 e. The second kappa shape index (κ2) is 8.59. The van der Waals surface area contributed by atoms with Crippen LogP contribution in [-0.2, 0) is 19.1 Å². The molecule has 0 saturated carbocycles. The number of amides is 1. The van der Waals surface area contributed by atoms with Gasteiger partial charge in [0.25, 0.3) is 0 Å². The molecule has 5 N–H and O–H groups in total. The lowest BCUT2D eigenvalue weighted by atomic mass is 10.0. The third-order valence-electron chi connectivity index (χ3n) is 2.50. The lowest BCUT2D eigenvalue weighted by Gasteiger charge is -2.31. The Labute approximate surface area is 115 Å². The number of carbonyl (C=O) groups is 3. The van der Waals surface area contributed by atoms with Crippen LogP contribution in [0, 0.1) is 0 Å². The molecule has 0 aliphatic rings. The minimum Gasteiger partial charge on any atom is -0.479 e. The Morgan fingerprint density at radius 3 is 2.25 bits per heavy atom. The predicted octanol–water partition coefficient (Wildman–Crippen LogP) is -2.74. The number of carboxylic acids is 1. The molecule has 0 aromatic heterocycles. The van der Waals surface area contributed by atoms with Crippen LogP contribution in [0.4, 0.5) is 0 Å². The van der Waals surface area contributed by atoms with Gasteiger partial charge in [-0.3, -0.25) is 4.79 Å². The van der Waals surface area contributed by atoms with Gasteiger partial charge in [0.1, 0.15) is 30.6 Å². The lowest BCUT2D eigenvalue weighted by molar-refractivity contribution is -0.168. The molecule has 0 rings (SSSR count). The fourth-order valence-corrected chi connectivity index (χ4v) is 1.43. The molecule has 0 unspecified atom stereocenters. The smallest absolute Gasteiger partial charge is 0.332 e. The number of nitrogens with one attached hydrogen (secondary N) is 1. The van der Waals surface area contributed by atoms with Crippen molar-refractivity contribution in [1.29, 1.82) is 0 Å². The first-order chi connectivity index (χ1) is 9.24. The van der Waals surface area contributed by atoms with Gasteiger partial charge in [-0.25, -0.2) is 4.79 Å². The van der Waals surface area contributed by atoms with Gasteiger partial charge >= 0.3 is 5.97 Å². The van der Waals surface area contributed by atoms with Crippen LogP contribution in [-0.4, -0.2) is 75.7 Å². The van der Waals surface area contributed by atoms with Crippen LogP contribution < -0.4 is 5.32 Å². The van der Waals surface area contributed by atoms with E-state index < -0.39 is 48.9 Å². The van der Waals surface area contributed by atoms with Gasteiger partial charge in [-0.15, -0.1) is 0 Å². The lowest BCUT2D eigenvalue weighted by Crippen LogP contribution is -2.55. The first-order valence-electron chi connectivity index (χ1n) is 5.82. The molecule has 20 heavy (non-hydrogen) atoms. The van der Waals surface area contributed by atoms with E-state index in [-0.39, 0.29) is 6.29 Å². The van der Waals surface area contributed by atoms with Gasteiger partial charge in [-0.05, 0) is 6.92 Å². The van der Waals surface area contributed by atoms with Crippen molar-refractivity contribution in [3.8, 4) is 0 Å². The monoisotopic (exact) mass is 293 g/mol. The highest BCUT2D eigenvalue weighted by Gasteiger charge is 2.36. The molecule has 5 atom stereocenters. The zero-order valence-electron chi connectivity index (χ0n) is 11.1. The number of aliphatic carboxylic acids is 1. The molecular formula is C11H19NO8. The number of carboxylic acid groups (broad SMARTS) is 1. The average Bonchev–Trinajstić information content (AvgIpc) is 2.39. The van der Waals surface area contributed by atoms with E-state index in [4.69, 9.17) is 14.9 Å². The number of hydrogen-bond donors (Lipinski definition) is 5. The zero-order valence-corrected chi connectivity index (χ0v) is 11.1. The van der Waals surface area contributed by atoms with Crippen molar-refractivity contribution in [3.63, 3.8) is 0 Å². The summed E-state index contributed by atoms with van der Waals surface area (Å²) in [5, 5.41) is 38.8. The zero-order chi connectivity index (χ0) is 15.9. The minimum absolute atomic E-state index is 0.244. The second-order valence-corrected chi connectivity index (χ2v) is 4.18. The quantitative estimate of drug-likeness (QED) is 0.287. The highest BCUT2D eigenvalue weighted by Crippen LogP contribution is 2.12. The van der Waals surface area contributed by atoms with Crippen LogP contribution in [0.2, 0.25) is 0 Å². The number of rotatable bonds is 9. The first kappa shape index (κ1) is 18.4. The summed E-state index contributed by atoms with van der Waals surface area (Å²) in [5.74, 6) is -1.96. The molecule has 1 amide bonds. The van der Waals surface area contributed by atoms with Crippen LogP contribution in [0.1, 0.15) is 13.8 Å². The second-order valence-electron chi connectivity index (χ2n) is 4.18. The number of hydrogen-bond acceptors (Lipinski definition) is 7. The summed E-state index contributed by atoms with van der Waals surface area (Å²) >= 11 is 0. The summed E-state index contributed by atoms with van der Waals surface area (Å²) in [4.78, 5) is 32.7. The van der Waals surface area contributed by atoms with E-state index in [1.165, 1.54) is 0 Å². The molecule has 0 aromatic carbocycles. The predicted molar refractivity (Wildman–Crippen MR) is 64.7 cm³/mol. The van der Waals surface area contributed by atoms with Gasteiger partial charge in [-0.2, -0.15) is 0 Å². The van der Waals surface area contributed by atoms with Crippen molar-refractivity contribution in [2.75, 3.05) is 6.61 Å². The van der Waals surface area contributed by atoms with Crippen molar-refractivity contribution in [3.05, 3.63) is 0 Å². The van der Waals surface area contributed by atoms with Crippen LogP contribution in [0.3, 0.4) is 0 Å². The Bertz CT molecular complexity index is 347. The Morgan fingerprint density at radius 1 is 1.35 bits per heavy atom. The van der Waals surface area contributed by atoms with E-state index in [1.54, 1.807) is 0 Å². The van der Waals surface area contributed by atoms with E-state index in [0.717, 1.165) is 13.8 Å². The molecule has 0 radical (unpaired) electrons. The third-order valence-corrected chi connectivity index (χ3v) is 2.50. The number of aldehydes is 1. The maximum atomic E-state index is 11.0. The average molecular weight is 293 g/mol. The topological polar surface area (TPSA) is 153 Å². The van der Waals surface area contributed by atoms with Crippen LogP contribution >= 0.6 is 0 Å². The van der Waals surface area contributed by atoms with Crippen molar-refractivity contribution in [2.45, 2.75) is 44.3 Å².